The summed E-state index contributed by atoms with van der Waals surface area (Å²) in [5.41, 5.74) is 0.996. The third kappa shape index (κ3) is 4.49. The van der Waals surface area contributed by atoms with Crippen LogP contribution in [0.5, 0.6) is 0 Å². The van der Waals surface area contributed by atoms with Gasteiger partial charge in [-0.1, -0.05) is 6.92 Å². The van der Waals surface area contributed by atoms with Gasteiger partial charge in [0.15, 0.2) is 0 Å². The molecule has 0 aliphatic carbocycles. The molecular formula is C13H25N5. The Morgan fingerprint density at radius 3 is 2.44 bits per heavy atom. The molecule has 0 aliphatic rings. The first-order chi connectivity index (χ1) is 8.56. The molecule has 0 spiro atoms. The average Bonchev–Trinajstić information content (AvgIpc) is 2.33. The first kappa shape index (κ1) is 14.7. The predicted molar refractivity (Wildman–Crippen MR) is 77.4 cm³/mol. The highest BCUT2D eigenvalue weighted by molar-refractivity contribution is 5.44. The van der Waals surface area contributed by atoms with Gasteiger partial charge < -0.3 is 15.1 Å². The Labute approximate surface area is 110 Å². The second kappa shape index (κ2) is 7.16. The Bertz CT molecular complexity index is 364. The molecule has 18 heavy (non-hydrogen) atoms. The normalized spacial score (nSPS) is 10.8. The van der Waals surface area contributed by atoms with Crippen LogP contribution in [0.15, 0.2) is 6.07 Å². The lowest BCUT2D eigenvalue weighted by Gasteiger charge is -2.25. The van der Waals surface area contributed by atoms with Gasteiger partial charge in [-0.25, -0.2) is 4.98 Å². The lowest BCUT2D eigenvalue weighted by molar-refractivity contribution is 0.412. The SMILES string of the molecule is CCCN(CCN(C)C)c1cc(C)nc(NC)n1. The topological polar surface area (TPSA) is 44.3 Å². The van der Waals surface area contributed by atoms with Crippen LogP contribution in [0.25, 0.3) is 0 Å². The van der Waals surface area contributed by atoms with Crippen LogP contribution >= 0.6 is 0 Å². The van der Waals surface area contributed by atoms with E-state index in [1.165, 1.54) is 0 Å². The molecule has 1 heterocycles. The smallest absolute Gasteiger partial charge is 0.224 e. The van der Waals surface area contributed by atoms with Crippen LogP contribution in [-0.2, 0) is 0 Å². The van der Waals surface area contributed by atoms with E-state index in [2.05, 4.69) is 46.1 Å². The average molecular weight is 251 g/mol. The number of hydrogen-bond donors (Lipinski definition) is 1. The molecule has 0 fully saturated rings. The zero-order valence-corrected chi connectivity index (χ0v) is 12.2. The Morgan fingerprint density at radius 1 is 1.17 bits per heavy atom. The van der Waals surface area contributed by atoms with E-state index in [1.807, 2.05) is 20.0 Å². The minimum Gasteiger partial charge on any atom is -0.357 e. The van der Waals surface area contributed by atoms with Crippen molar-refractivity contribution < 1.29 is 0 Å². The summed E-state index contributed by atoms with van der Waals surface area (Å²) in [6, 6.07) is 2.05. The molecule has 1 rings (SSSR count). The molecule has 0 unspecified atom stereocenters. The molecule has 0 saturated carbocycles. The Balaban J connectivity index is 2.86. The van der Waals surface area contributed by atoms with Crippen molar-refractivity contribution >= 4 is 11.8 Å². The molecular weight excluding hydrogens is 226 g/mol. The maximum absolute atomic E-state index is 4.53. The van der Waals surface area contributed by atoms with Crippen molar-refractivity contribution in [2.45, 2.75) is 20.3 Å². The summed E-state index contributed by atoms with van der Waals surface area (Å²) in [6.45, 7) is 7.23. The second-order valence-corrected chi connectivity index (χ2v) is 4.73. The molecule has 0 bridgehead atoms. The van der Waals surface area contributed by atoms with Crippen LogP contribution in [0.4, 0.5) is 11.8 Å². The van der Waals surface area contributed by atoms with Gasteiger partial charge in [-0.05, 0) is 27.4 Å². The Morgan fingerprint density at radius 2 is 1.89 bits per heavy atom. The summed E-state index contributed by atoms with van der Waals surface area (Å²) in [4.78, 5) is 13.4. The third-order valence-electron chi connectivity index (χ3n) is 2.70. The lowest BCUT2D eigenvalue weighted by atomic mass is 10.3. The summed E-state index contributed by atoms with van der Waals surface area (Å²) < 4.78 is 0. The minimum atomic E-state index is 0.691. The molecule has 0 atom stereocenters. The summed E-state index contributed by atoms with van der Waals surface area (Å²) >= 11 is 0. The fraction of sp³-hybridized carbons (Fsp3) is 0.692. The highest BCUT2D eigenvalue weighted by Gasteiger charge is 2.09. The number of rotatable bonds is 7. The van der Waals surface area contributed by atoms with Crippen molar-refractivity contribution in [2.24, 2.45) is 0 Å². The zero-order valence-electron chi connectivity index (χ0n) is 12.2. The van der Waals surface area contributed by atoms with Crippen LogP contribution in [0.3, 0.4) is 0 Å². The second-order valence-electron chi connectivity index (χ2n) is 4.73. The molecule has 0 saturated heterocycles. The molecule has 0 aromatic carbocycles. The van der Waals surface area contributed by atoms with E-state index in [9.17, 15) is 0 Å². The summed E-state index contributed by atoms with van der Waals surface area (Å²) in [5, 5.41) is 3.01. The minimum absolute atomic E-state index is 0.691. The maximum atomic E-state index is 4.53. The van der Waals surface area contributed by atoms with Gasteiger partial charge in [0.05, 0.1) is 0 Å². The van der Waals surface area contributed by atoms with Gasteiger partial charge in [0.1, 0.15) is 5.82 Å². The fourth-order valence-electron chi connectivity index (χ4n) is 1.76. The summed E-state index contributed by atoms with van der Waals surface area (Å²) in [7, 11) is 6.03. The van der Waals surface area contributed by atoms with E-state index in [1.54, 1.807) is 0 Å². The van der Waals surface area contributed by atoms with Crippen molar-refractivity contribution in [3.63, 3.8) is 0 Å². The first-order valence-electron chi connectivity index (χ1n) is 6.50. The Kier molecular flexibility index (Phi) is 5.85. The van der Waals surface area contributed by atoms with Crippen molar-refractivity contribution in [3.05, 3.63) is 11.8 Å². The molecule has 0 radical (unpaired) electrons. The zero-order chi connectivity index (χ0) is 13.5. The lowest BCUT2D eigenvalue weighted by Crippen LogP contribution is -2.33. The van der Waals surface area contributed by atoms with Gasteiger partial charge in [0.2, 0.25) is 5.95 Å². The number of likely N-dealkylation sites (N-methyl/N-ethyl adjacent to an activating group) is 1. The predicted octanol–water partition coefficient (Wildman–Crippen LogP) is 1.60. The van der Waals surface area contributed by atoms with Gasteiger partial charge in [0.25, 0.3) is 0 Å². The molecule has 1 aromatic rings. The highest BCUT2D eigenvalue weighted by atomic mass is 15.2. The first-order valence-corrected chi connectivity index (χ1v) is 6.50. The van der Waals surface area contributed by atoms with Crippen molar-refractivity contribution in [2.75, 3.05) is 51.0 Å². The largest absolute Gasteiger partial charge is 0.357 e. The number of nitrogens with one attached hydrogen (secondary N) is 1. The van der Waals surface area contributed by atoms with Crippen LogP contribution in [0.1, 0.15) is 19.0 Å². The van der Waals surface area contributed by atoms with Gasteiger partial charge in [-0.3, -0.25) is 0 Å². The van der Waals surface area contributed by atoms with E-state index in [-0.39, 0.29) is 0 Å². The maximum Gasteiger partial charge on any atom is 0.224 e. The molecule has 5 heteroatoms. The fourth-order valence-corrected chi connectivity index (χ4v) is 1.76. The highest BCUT2D eigenvalue weighted by Crippen LogP contribution is 2.14. The molecule has 5 nitrogen and oxygen atoms in total. The van der Waals surface area contributed by atoms with Crippen molar-refractivity contribution in [1.82, 2.24) is 14.9 Å². The molecule has 1 N–H and O–H groups in total. The van der Waals surface area contributed by atoms with Gasteiger partial charge in [0, 0.05) is 38.4 Å². The number of hydrogen-bond acceptors (Lipinski definition) is 5. The van der Waals surface area contributed by atoms with Gasteiger partial charge in [-0.15, -0.1) is 0 Å². The molecule has 1 aromatic heterocycles. The quantitative estimate of drug-likeness (QED) is 0.797. The van der Waals surface area contributed by atoms with E-state index >= 15 is 0 Å². The van der Waals surface area contributed by atoms with Gasteiger partial charge >= 0.3 is 0 Å². The van der Waals surface area contributed by atoms with Crippen molar-refractivity contribution in [3.8, 4) is 0 Å². The Hall–Kier alpha value is -1.36. The van der Waals surface area contributed by atoms with Crippen LogP contribution in [-0.4, -0.2) is 55.6 Å². The molecule has 0 amide bonds. The van der Waals surface area contributed by atoms with Crippen LogP contribution < -0.4 is 10.2 Å². The summed E-state index contributed by atoms with van der Waals surface area (Å²) in [6.07, 6.45) is 1.12. The van der Waals surface area contributed by atoms with Gasteiger partial charge in [-0.2, -0.15) is 4.98 Å². The number of nitrogens with zero attached hydrogens (tertiary/aromatic N) is 4. The number of anilines is 2. The van der Waals surface area contributed by atoms with E-state index in [4.69, 9.17) is 0 Å². The molecule has 0 aliphatic heterocycles. The number of aromatic nitrogens is 2. The number of aryl methyl sites for hydroxylation is 1. The summed E-state index contributed by atoms with van der Waals surface area (Å²) in [5.74, 6) is 1.70. The standard InChI is InChI=1S/C13H25N5/c1-6-7-18(9-8-17(4)5)12-10-11(2)15-13(14-3)16-12/h10H,6-9H2,1-5H3,(H,14,15,16). The van der Waals surface area contributed by atoms with E-state index < -0.39 is 0 Å². The third-order valence-corrected chi connectivity index (χ3v) is 2.70. The van der Waals surface area contributed by atoms with Crippen LogP contribution in [0, 0.1) is 6.92 Å². The van der Waals surface area contributed by atoms with Crippen molar-refractivity contribution in [1.29, 1.82) is 0 Å². The van der Waals surface area contributed by atoms with E-state index in [0.717, 1.165) is 37.6 Å². The van der Waals surface area contributed by atoms with E-state index in [0.29, 0.717) is 5.95 Å². The van der Waals surface area contributed by atoms with Crippen LogP contribution in [0.2, 0.25) is 0 Å². The monoisotopic (exact) mass is 251 g/mol. The molecule has 102 valence electrons.